The second kappa shape index (κ2) is 10.7. The zero-order valence-corrected chi connectivity index (χ0v) is 22.6. The van der Waals surface area contributed by atoms with Gasteiger partial charge < -0.3 is 19.7 Å². The van der Waals surface area contributed by atoms with Crippen LogP contribution in [0.5, 0.6) is 0 Å². The van der Waals surface area contributed by atoms with Crippen molar-refractivity contribution in [1.29, 1.82) is 0 Å². The van der Waals surface area contributed by atoms with E-state index in [4.69, 9.17) is 37.7 Å². The Labute approximate surface area is 231 Å². The van der Waals surface area contributed by atoms with Crippen LogP contribution >= 0.6 is 23.2 Å². The molecule has 5 rings (SSSR count). The molecule has 3 aromatic heterocycles. The van der Waals surface area contributed by atoms with Crippen molar-refractivity contribution >= 4 is 46.4 Å². The zero-order valence-electron chi connectivity index (χ0n) is 21.1. The van der Waals surface area contributed by atoms with Crippen LogP contribution < -0.4 is 21.5 Å². The van der Waals surface area contributed by atoms with Gasteiger partial charge in [-0.2, -0.15) is 4.98 Å². The number of nitrogens with zero attached hydrogens (tertiary/aromatic N) is 8. The van der Waals surface area contributed by atoms with Crippen LogP contribution in [0.3, 0.4) is 0 Å². The van der Waals surface area contributed by atoms with Crippen LogP contribution in [-0.2, 0) is 20.6 Å². The summed E-state index contributed by atoms with van der Waals surface area (Å²) < 4.78 is 9.95. The Bertz CT molecular complexity index is 1670. The third-order valence-electron chi connectivity index (χ3n) is 6.61. The van der Waals surface area contributed by atoms with Crippen molar-refractivity contribution in [2.24, 2.45) is 14.1 Å². The standard InChI is InChI=1S/C23H25Cl2N9O5/c1-30-18-17(20(35)31(2)23(30)38)34(12-16-28-29-19(39-16)13-3-4-14(24)15(25)11-13)21(27-18)33-9-7-32(8-10-33)6-5-26-22(36)37/h3-4,11,26H,5-10,12H2,1-2H3,(H,36,37). The fourth-order valence-corrected chi connectivity index (χ4v) is 4.82. The van der Waals surface area contributed by atoms with Gasteiger partial charge in [0.1, 0.15) is 6.54 Å². The van der Waals surface area contributed by atoms with Crippen LogP contribution in [0.1, 0.15) is 5.89 Å². The van der Waals surface area contributed by atoms with Crippen molar-refractivity contribution in [2.45, 2.75) is 6.54 Å². The Kier molecular flexibility index (Phi) is 7.34. The first-order valence-corrected chi connectivity index (χ1v) is 12.8. The van der Waals surface area contributed by atoms with E-state index in [2.05, 4.69) is 20.4 Å². The highest BCUT2D eigenvalue weighted by atomic mass is 35.5. The molecule has 16 heteroatoms. The van der Waals surface area contributed by atoms with Crippen LogP contribution in [0.4, 0.5) is 10.7 Å². The number of piperazine rings is 1. The highest BCUT2D eigenvalue weighted by Crippen LogP contribution is 2.28. The lowest BCUT2D eigenvalue weighted by atomic mass is 10.2. The molecule has 0 aliphatic carbocycles. The minimum Gasteiger partial charge on any atom is -0.465 e. The Hall–Kier alpha value is -3.88. The van der Waals surface area contributed by atoms with Gasteiger partial charge in [0.2, 0.25) is 17.7 Å². The molecule has 4 heterocycles. The van der Waals surface area contributed by atoms with Crippen molar-refractivity contribution in [3.8, 4) is 11.5 Å². The quantitative estimate of drug-likeness (QED) is 0.327. The molecule has 1 aromatic carbocycles. The Morgan fingerprint density at radius 3 is 2.51 bits per heavy atom. The van der Waals surface area contributed by atoms with E-state index in [0.29, 0.717) is 60.8 Å². The maximum absolute atomic E-state index is 13.2. The van der Waals surface area contributed by atoms with Gasteiger partial charge in [-0.3, -0.25) is 23.4 Å². The summed E-state index contributed by atoms with van der Waals surface area (Å²) in [5.74, 6) is 0.949. The van der Waals surface area contributed by atoms with E-state index in [0.717, 1.165) is 4.57 Å². The number of nitrogens with one attached hydrogen (secondary N) is 1. The second-order valence-electron chi connectivity index (χ2n) is 9.07. The highest BCUT2D eigenvalue weighted by Gasteiger charge is 2.27. The minimum absolute atomic E-state index is 0.0380. The fourth-order valence-electron chi connectivity index (χ4n) is 4.52. The molecule has 4 aromatic rings. The summed E-state index contributed by atoms with van der Waals surface area (Å²) >= 11 is 12.1. The molecular weight excluding hydrogens is 553 g/mol. The topological polar surface area (TPSA) is 157 Å². The van der Waals surface area contributed by atoms with Crippen molar-refractivity contribution in [3.05, 3.63) is 55.0 Å². The van der Waals surface area contributed by atoms with E-state index in [9.17, 15) is 14.4 Å². The number of hydrogen-bond acceptors (Lipinski definition) is 9. The van der Waals surface area contributed by atoms with Crippen LogP contribution in [0.25, 0.3) is 22.6 Å². The number of benzene rings is 1. The number of amides is 1. The fraction of sp³-hybridized carbons (Fsp3) is 0.391. The smallest absolute Gasteiger partial charge is 0.404 e. The number of hydrogen-bond donors (Lipinski definition) is 2. The normalized spacial score (nSPS) is 14.3. The molecular formula is C23H25Cl2N9O5. The first-order chi connectivity index (χ1) is 18.6. The van der Waals surface area contributed by atoms with Gasteiger partial charge in [-0.05, 0) is 18.2 Å². The molecule has 39 heavy (non-hydrogen) atoms. The van der Waals surface area contributed by atoms with Gasteiger partial charge in [0.25, 0.3) is 5.56 Å². The summed E-state index contributed by atoms with van der Waals surface area (Å²) in [5, 5.41) is 20.2. The number of aryl methyl sites for hydroxylation is 1. The van der Waals surface area contributed by atoms with Gasteiger partial charge in [-0.25, -0.2) is 9.59 Å². The summed E-state index contributed by atoms with van der Waals surface area (Å²) in [4.78, 5) is 45.4. The number of imidazole rings is 1. The van der Waals surface area contributed by atoms with Gasteiger partial charge in [-0.1, -0.05) is 23.2 Å². The van der Waals surface area contributed by atoms with E-state index >= 15 is 0 Å². The van der Waals surface area contributed by atoms with E-state index < -0.39 is 17.3 Å². The van der Waals surface area contributed by atoms with E-state index in [1.165, 1.54) is 11.6 Å². The summed E-state index contributed by atoms with van der Waals surface area (Å²) in [6, 6.07) is 4.96. The molecule has 0 spiro atoms. The third kappa shape index (κ3) is 5.22. The zero-order chi connectivity index (χ0) is 27.8. The summed E-state index contributed by atoms with van der Waals surface area (Å²) in [6.07, 6.45) is -1.06. The van der Waals surface area contributed by atoms with E-state index in [1.807, 2.05) is 4.90 Å². The number of rotatable bonds is 7. The summed E-state index contributed by atoms with van der Waals surface area (Å²) in [7, 11) is 2.98. The minimum atomic E-state index is -1.06. The number of halogens is 2. The van der Waals surface area contributed by atoms with Gasteiger partial charge in [0, 0.05) is 58.9 Å². The van der Waals surface area contributed by atoms with Crippen LogP contribution in [-0.4, -0.2) is 84.3 Å². The van der Waals surface area contributed by atoms with Gasteiger partial charge in [0.05, 0.1) is 10.0 Å². The molecule has 0 radical (unpaired) electrons. The summed E-state index contributed by atoms with van der Waals surface area (Å²) in [6.45, 7) is 3.39. The first kappa shape index (κ1) is 26.7. The lowest BCUT2D eigenvalue weighted by molar-refractivity contribution is 0.190. The van der Waals surface area contributed by atoms with Crippen molar-refractivity contribution in [3.63, 3.8) is 0 Å². The summed E-state index contributed by atoms with van der Waals surface area (Å²) in [5.41, 5.74) is 0.0895. The molecule has 1 aliphatic heterocycles. The maximum atomic E-state index is 13.2. The van der Waals surface area contributed by atoms with Crippen LogP contribution in [0.15, 0.2) is 32.2 Å². The molecule has 2 N–H and O–H groups in total. The predicted molar refractivity (Wildman–Crippen MR) is 144 cm³/mol. The molecule has 0 unspecified atom stereocenters. The number of carboxylic acid groups (broad SMARTS) is 1. The van der Waals surface area contributed by atoms with Crippen molar-refractivity contribution in [1.82, 2.24) is 39.1 Å². The Morgan fingerprint density at radius 1 is 1.08 bits per heavy atom. The molecule has 1 amide bonds. The number of aromatic nitrogens is 6. The highest BCUT2D eigenvalue weighted by molar-refractivity contribution is 6.42. The molecule has 206 valence electrons. The van der Waals surface area contributed by atoms with Crippen molar-refractivity contribution in [2.75, 3.05) is 44.2 Å². The maximum Gasteiger partial charge on any atom is 0.404 e. The molecule has 14 nitrogen and oxygen atoms in total. The third-order valence-corrected chi connectivity index (χ3v) is 7.35. The van der Waals surface area contributed by atoms with Crippen LogP contribution in [0, 0.1) is 0 Å². The SMILES string of the molecule is Cn1c(=O)c2c(nc(N3CCN(CCNC(=O)O)CC3)n2Cc2nnc(-c3ccc(Cl)c(Cl)c3)o2)n(C)c1=O. The first-order valence-electron chi connectivity index (χ1n) is 12.0. The number of fused-ring (bicyclic) bond motifs is 1. The number of carbonyl (C=O) groups is 1. The molecule has 0 saturated carbocycles. The van der Waals surface area contributed by atoms with Crippen molar-refractivity contribution < 1.29 is 14.3 Å². The molecule has 1 fully saturated rings. The largest absolute Gasteiger partial charge is 0.465 e. The van der Waals surface area contributed by atoms with Gasteiger partial charge >= 0.3 is 11.8 Å². The van der Waals surface area contributed by atoms with Gasteiger partial charge in [-0.15, -0.1) is 10.2 Å². The average Bonchev–Trinajstić information content (AvgIpc) is 3.53. The molecule has 0 atom stereocenters. The van der Waals surface area contributed by atoms with Crippen LogP contribution in [0.2, 0.25) is 10.0 Å². The lowest BCUT2D eigenvalue weighted by Gasteiger charge is -2.35. The number of anilines is 1. The molecule has 1 aliphatic rings. The van der Waals surface area contributed by atoms with Gasteiger partial charge in [0.15, 0.2) is 11.2 Å². The lowest BCUT2D eigenvalue weighted by Crippen LogP contribution is -2.49. The van der Waals surface area contributed by atoms with E-state index in [1.54, 1.807) is 29.8 Å². The Balaban J connectivity index is 1.48. The molecule has 0 bridgehead atoms. The predicted octanol–water partition coefficient (Wildman–Crippen LogP) is 1.23. The average molecular weight is 578 g/mol. The van der Waals surface area contributed by atoms with E-state index in [-0.39, 0.29) is 29.5 Å². The second-order valence-corrected chi connectivity index (χ2v) is 9.88. The monoisotopic (exact) mass is 577 g/mol. The molecule has 1 saturated heterocycles. The Morgan fingerprint density at radius 2 is 1.82 bits per heavy atom.